The van der Waals surface area contributed by atoms with Crippen LogP contribution >= 0.6 is 0 Å². The average Bonchev–Trinajstić information content (AvgIpc) is 2.18. The van der Waals surface area contributed by atoms with Crippen molar-refractivity contribution in [2.45, 2.75) is 38.3 Å². The zero-order valence-electron chi connectivity index (χ0n) is 8.75. The monoisotopic (exact) mass is 185 g/mol. The summed E-state index contributed by atoms with van der Waals surface area (Å²) in [4.78, 5) is 13.0. The first-order valence-corrected chi connectivity index (χ1v) is 4.84. The summed E-state index contributed by atoms with van der Waals surface area (Å²) in [5, 5.41) is 0. The van der Waals surface area contributed by atoms with E-state index >= 15 is 0 Å². The number of carbonyl (C=O) groups excluding carboxylic acids is 1. The third kappa shape index (κ3) is 2.51. The van der Waals surface area contributed by atoms with E-state index in [2.05, 4.69) is 4.90 Å². The summed E-state index contributed by atoms with van der Waals surface area (Å²) in [6, 6.07) is 0. The second kappa shape index (κ2) is 4.20. The molecule has 1 aliphatic rings. The molecule has 1 aliphatic heterocycles. The van der Waals surface area contributed by atoms with Gasteiger partial charge in [-0.05, 0) is 26.7 Å². The van der Waals surface area contributed by atoms with Gasteiger partial charge in [-0.25, -0.2) is 0 Å². The topological polar surface area (TPSA) is 29.5 Å². The first-order valence-electron chi connectivity index (χ1n) is 4.84. The number of aldehydes is 1. The van der Waals surface area contributed by atoms with Gasteiger partial charge < -0.3 is 9.53 Å². The highest BCUT2D eigenvalue weighted by Crippen LogP contribution is 2.20. The van der Waals surface area contributed by atoms with Crippen LogP contribution in [0.2, 0.25) is 0 Å². The molecule has 1 saturated heterocycles. The number of piperidine rings is 1. The van der Waals surface area contributed by atoms with Crippen molar-refractivity contribution in [3.63, 3.8) is 0 Å². The number of hydrogen-bond acceptors (Lipinski definition) is 3. The fourth-order valence-corrected chi connectivity index (χ4v) is 1.74. The van der Waals surface area contributed by atoms with Crippen LogP contribution in [-0.4, -0.2) is 43.0 Å². The fourth-order valence-electron chi connectivity index (χ4n) is 1.74. The van der Waals surface area contributed by atoms with Crippen LogP contribution < -0.4 is 0 Å². The molecule has 13 heavy (non-hydrogen) atoms. The van der Waals surface area contributed by atoms with Crippen LogP contribution in [0.25, 0.3) is 0 Å². The van der Waals surface area contributed by atoms with Crippen molar-refractivity contribution in [1.29, 1.82) is 0 Å². The predicted molar refractivity (Wildman–Crippen MR) is 51.7 cm³/mol. The highest BCUT2D eigenvalue weighted by molar-refractivity contribution is 5.62. The standard InChI is InChI=1S/C10H19NO2/c1-10(2,8-12)11-6-4-9(13-3)5-7-11/h8-9H,4-7H2,1-3H3. The fraction of sp³-hybridized carbons (Fsp3) is 0.900. The molecule has 0 aromatic carbocycles. The highest BCUT2D eigenvalue weighted by atomic mass is 16.5. The lowest BCUT2D eigenvalue weighted by molar-refractivity contribution is -0.118. The first-order chi connectivity index (χ1) is 6.10. The number of likely N-dealkylation sites (tertiary alicyclic amines) is 1. The van der Waals surface area contributed by atoms with E-state index in [0.29, 0.717) is 6.10 Å². The Morgan fingerprint density at radius 2 is 1.92 bits per heavy atom. The Labute approximate surface area is 80.1 Å². The van der Waals surface area contributed by atoms with Gasteiger partial charge in [-0.3, -0.25) is 4.90 Å². The zero-order valence-corrected chi connectivity index (χ0v) is 8.75. The van der Waals surface area contributed by atoms with Crippen molar-refractivity contribution < 1.29 is 9.53 Å². The van der Waals surface area contributed by atoms with Gasteiger partial charge in [0, 0.05) is 20.2 Å². The van der Waals surface area contributed by atoms with Crippen LogP contribution in [-0.2, 0) is 9.53 Å². The lowest BCUT2D eigenvalue weighted by Crippen LogP contribution is -2.50. The second-order valence-corrected chi connectivity index (χ2v) is 4.19. The van der Waals surface area contributed by atoms with Gasteiger partial charge >= 0.3 is 0 Å². The van der Waals surface area contributed by atoms with E-state index in [-0.39, 0.29) is 5.54 Å². The van der Waals surface area contributed by atoms with Gasteiger partial charge in [-0.15, -0.1) is 0 Å². The van der Waals surface area contributed by atoms with E-state index in [4.69, 9.17) is 4.74 Å². The van der Waals surface area contributed by atoms with Crippen molar-refractivity contribution in [3.8, 4) is 0 Å². The molecule has 0 aromatic rings. The maximum absolute atomic E-state index is 10.8. The van der Waals surface area contributed by atoms with Gasteiger partial charge in [0.25, 0.3) is 0 Å². The van der Waals surface area contributed by atoms with Crippen molar-refractivity contribution in [2.75, 3.05) is 20.2 Å². The molecule has 1 rings (SSSR count). The molecule has 1 heterocycles. The van der Waals surface area contributed by atoms with Crippen molar-refractivity contribution >= 4 is 6.29 Å². The maximum Gasteiger partial charge on any atom is 0.139 e. The van der Waals surface area contributed by atoms with Crippen LogP contribution in [0, 0.1) is 0 Å². The molecule has 0 saturated carbocycles. The van der Waals surface area contributed by atoms with E-state index < -0.39 is 0 Å². The normalized spacial score (nSPS) is 21.8. The minimum atomic E-state index is -0.307. The Morgan fingerprint density at radius 1 is 1.38 bits per heavy atom. The summed E-state index contributed by atoms with van der Waals surface area (Å²) >= 11 is 0. The molecule has 0 aliphatic carbocycles. The molecule has 0 unspecified atom stereocenters. The molecule has 0 amide bonds. The molecule has 0 spiro atoms. The molecule has 3 heteroatoms. The van der Waals surface area contributed by atoms with E-state index in [9.17, 15) is 4.79 Å². The summed E-state index contributed by atoms with van der Waals surface area (Å²) in [6.07, 6.45) is 3.49. The second-order valence-electron chi connectivity index (χ2n) is 4.19. The van der Waals surface area contributed by atoms with Crippen molar-refractivity contribution in [2.24, 2.45) is 0 Å². The van der Waals surface area contributed by atoms with Gasteiger partial charge in [0.05, 0.1) is 11.6 Å². The Morgan fingerprint density at radius 3 is 2.31 bits per heavy atom. The summed E-state index contributed by atoms with van der Waals surface area (Å²) < 4.78 is 5.27. The van der Waals surface area contributed by atoms with E-state index in [1.54, 1.807) is 7.11 Å². The first kappa shape index (κ1) is 10.7. The summed E-state index contributed by atoms with van der Waals surface area (Å²) in [6.45, 7) is 5.86. The highest BCUT2D eigenvalue weighted by Gasteiger charge is 2.29. The molecule has 0 aromatic heterocycles. The van der Waals surface area contributed by atoms with Crippen molar-refractivity contribution in [1.82, 2.24) is 4.90 Å². The largest absolute Gasteiger partial charge is 0.381 e. The Hall–Kier alpha value is -0.410. The Bertz CT molecular complexity index is 172. The average molecular weight is 185 g/mol. The number of rotatable bonds is 3. The zero-order chi connectivity index (χ0) is 9.90. The summed E-state index contributed by atoms with van der Waals surface area (Å²) in [7, 11) is 1.76. The number of hydrogen-bond donors (Lipinski definition) is 0. The van der Waals surface area contributed by atoms with Crippen LogP contribution in [0.4, 0.5) is 0 Å². The van der Waals surface area contributed by atoms with Crippen LogP contribution in [0.15, 0.2) is 0 Å². The number of nitrogens with zero attached hydrogens (tertiary/aromatic N) is 1. The Balaban J connectivity index is 2.45. The Kier molecular flexibility index (Phi) is 3.45. The van der Waals surface area contributed by atoms with Crippen LogP contribution in [0.3, 0.4) is 0 Å². The van der Waals surface area contributed by atoms with E-state index in [1.807, 2.05) is 13.8 Å². The van der Waals surface area contributed by atoms with Gasteiger partial charge in [0.15, 0.2) is 0 Å². The van der Waals surface area contributed by atoms with Gasteiger partial charge in [0.2, 0.25) is 0 Å². The third-order valence-electron chi connectivity index (χ3n) is 2.88. The SMILES string of the molecule is COC1CCN(C(C)(C)C=O)CC1. The van der Waals surface area contributed by atoms with Gasteiger partial charge in [-0.1, -0.05) is 0 Å². The number of methoxy groups -OCH3 is 1. The van der Waals surface area contributed by atoms with Gasteiger partial charge in [0.1, 0.15) is 6.29 Å². The minimum Gasteiger partial charge on any atom is -0.381 e. The molecular formula is C10H19NO2. The molecule has 0 radical (unpaired) electrons. The smallest absolute Gasteiger partial charge is 0.139 e. The third-order valence-corrected chi connectivity index (χ3v) is 2.88. The molecule has 0 atom stereocenters. The van der Waals surface area contributed by atoms with E-state index in [1.165, 1.54) is 0 Å². The van der Waals surface area contributed by atoms with Gasteiger partial charge in [-0.2, -0.15) is 0 Å². The quantitative estimate of drug-likeness (QED) is 0.616. The molecule has 0 N–H and O–H groups in total. The minimum absolute atomic E-state index is 0.307. The summed E-state index contributed by atoms with van der Waals surface area (Å²) in [5.41, 5.74) is -0.307. The summed E-state index contributed by atoms with van der Waals surface area (Å²) in [5.74, 6) is 0. The molecule has 1 fully saturated rings. The molecule has 3 nitrogen and oxygen atoms in total. The lowest BCUT2D eigenvalue weighted by Gasteiger charge is -2.39. The van der Waals surface area contributed by atoms with Crippen LogP contribution in [0.5, 0.6) is 0 Å². The lowest BCUT2D eigenvalue weighted by atomic mass is 9.99. The van der Waals surface area contributed by atoms with Crippen LogP contribution in [0.1, 0.15) is 26.7 Å². The number of carbonyl (C=O) groups is 1. The van der Waals surface area contributed by atoms with Crippen molar-refractivity contribution in [3.05, 3.63) is 0 Å². The number of ether oxygens (including phenoxy) is 1. The molecular weight excluding hydrogens is 166 g/mol. The maximum atomic E-state index is 10.8. The molecule has 76 valence electrons. The van der Waals surface area contributed by atoms with E-state index in [0.717, 1.165) is 32.2 Å². The molecule has 0 bridgehead atoms. The predicted octanol–water partition coefficient (Wildman–Crippen LogP) is 1.07.